The predicted octanol–water partition coefficient (Wildman–Crippen LogP) is 3.42. The zero-order valence-corrected chi connectivity index (χ0v) is 14.7. The van der Waals surface area contributed by atoms with Crippen LogP contribution in [0.2, 0.25) is 5.15 Å². The Balaban J connectivity index is 1.30. The summed E-state index contributed by atoms with van der Waals surface area (Å²) in [6, 6.07) is 12.3. The van der Waals surface area contributed by atoms with Gasteiger partial charge in [-0.25, -0.2) is 4.98 Å². The normalized spacial score (nSPS) is 15.6. The van der Waals surface area contributed by atoms with Gasteiger partial charge in [0.15, 0.2) is 10.9 Å². The SMILES string of the molecule is Clc1ncccc1OCCN1CCN(c2cccc3[nH]ccc23)CC1. The van der Waals surface area contributed by atoms with E-state index >= 15 is 0 Å². The molecule has 0 saturated carbocycles. The van der Waals surface area contributed by atoms with Crippen molar-refractivity contribution in [3.63, 3.8) is 0 Å². The van der Waals surface area contributed by atoms with E-state index in [9.17, 15) is 0 Å². The van der Waals surface area contributed by atoms with Gasteiger partial charge in [0.05, 0.1) is 0 Å². The molecule has 0 radical (unpaired) electrons. The smallest absolute Gasteiger partial charge is 0.171 e. The molecule has 25 heavy (non-hydrogen) atoms. The maximum absolute atomic E-state index is 6.01. The van der Waals surface area contributed by atoms with Crippen LogP contribution in [0.1, 0.15) is 0 Å². The fourth-order valence-corrected chi connectivity index (χ4v) is 3.49. The summed E-state index contributed by atoms with van der Waals surface area (Å²) < 4.78 is 5.74. The molecule has 3 heterocycles. The van der Waals surface area contributed by atoms with Crippen molar-refractivity contribution in [2.45, 2.75) is 0 Å². The number of benzene rings is 1. The number of H-pyrrole nitrogens is 1. The number of piperazine rings is 1. The minimum absolute atomic E-state index is 0.423. The molecular weight excluding hydrogens is 336 g/mol. The molecule has 1 aliphatic heterocycles. The van der Waals surface area contributed by atoms with Crippen molar-refractivity contribution in [1.29, 1.82) is 0 Å². The molecule has 1 saturated heterocycles. The number of hydrogen-bond acceptors (Lipinski definition) is 4. The van der Waals surface area contributed by atoms with E-state index in [0.29, 0.717) is 17.5 Å². The van der Waals surface area contributed by atoms with Gasteiger partial charge in [0.25, 0.3) is 0 Å². The van der Waals surface area contributed by atoms with E-state index in [0.717, 1.165) is 32.7 Å². The van der Waals surface area contributed by atoms with Gasteiger partial charge in [-0.05, 0) is 30.3 Å². The van der Waals surface area contributed by atoms with Gasteiger partial charge in [0.2, 0.25) is 0 Å². The van der Waals surface area contributed by atoms with Crippen molar-refractivity contribution in [2.75, 3.05) is 44.2 Å². The van der Waals surface area contributed by atoms with Crippen LogP contribution in [0.3, 0.4) is 0 Å². The quantitative estimate of drug-likeness (QED) is 0.711. The lowest BCUT2D eigenvalue weighted by atomic mass is 10.1. The van der Waals surface area contributed by atoms with E-state index < -0.39 is 0 Å². The minimum Gasteiger partial charge on any atom is -0.489 e. The number of anilines is 1. The Kier molecular flexibility index (Phi) is 4.76. The van der Waals surface area contributed by atoms with Gasteiger partial charge in [-0.15, -0.1) is 0 Å². The molecular formula is C19H21ClN4O. The van der Waals surface area contributed by atoms with Crippen molar-refractivity contribution in [3.05, 3.63) is 53.9 Å². The first-order valence-electron chi connectivity index (χ1n) is 8.58. The number of nitrogens with zero attached hydrogens (tertiary/aromatic N) is 3. The molecule has 6 heteroatoms. The number of rotatable bonds is 5. The average molecular weight is 357 g/mol. The highest BCUT2D eigenvalue weighted by Crippen LogP contribution is 2.27. The second-order valence-corrected chi connectivity index (χ2v) is 6.54. The molecule has 0 spiro atoms. The van der Waals surface area contributed by atoms with Crippen molar-refractivity contribution >= 4 is 28.2 Å². The summed E-state index contributed by atoms with van der Waals surface area (Å²) in [4.78, 5) is 12.2. The molecule has 4 rings (SSSR count). The number of fused-ring (bicyclic) bond motifs is 1. The molecule has 3 aromatic rings. The summed E-state index contributed by atoms with van der Waals surface area (Å²) in [7, 11) is 0. The molecule has 1 aromatic carbocycles. The highest BCUT2D eigenvalue weighted by molar-refractivity contribution is 6.30. The number of aromatic nitrogens is 2. The third-order valence-electron chi connectivity index (χ3n) is 4.67. The van der Waals surface area contributed by atoms with Crippen LogP contribution in [0.5, 0.6) is 5.75 Å². The Morgan fingerprint density at radius 3 is 2.80 bits per heavy atom. The van der Waals surface area contributed by atoms with Crippen LogP contribution in [0.25, 0.3) is 10.9 Å². The highest BCUT2D eigenvalue weighted by atomic mass is 35.5. The standard InChI is InChI=1S/C19H21ClN4O/c20-19-18(5-2-7-22-19)25-14-13-23-9-11-24(12-10-23)17-4-1-3-16-15(17)6-8-21-16/h1-8,21H,9-14H2. The first-order valence-corrected chi connectivity index (χ1v) is 8.96. The van der Waals surface area contributed by atoms with E-state index in [-0.39, 0.29) is 0 Å². The predicted molar refractivity (Wildman–Crippen MR) is 102 cm³/mol. The Labute approximate surface area is 152 Å². The summed E-state index contributed by atoms with van der Waals surface area (Å²) in [5.41, 5.74) is 2.51. The number of hydrogen-bond donors (Lipinski definition) is 1. The summed E-state index contributed by atoms with van der Waals surface area (Å²) >= 11 is 6.01. The van der Waals surface area contributed by atoms with E-state index in [4.69, 9.17) is 16.3 Å². The second kappa shape index (κ2) is 7.33. The van der Waals surface area contributed by atoms with Crippen LogP contribution >= 0.6 is 11.6 Å². The average Bonchev–Trinajstić information content (AvgIpc) is 3.13. The minimum atomic E-state index is 0.423. The summed E-state index contributed by atoms with van der Waals surface area (Å²) in [5, 5.41) is 1.72. The maximum atomic E-state index is 6.01. The number of nitrogens with one attached hydrogen (secondary N) is 1. The largest absolute Gasteiger partial charge is 0.489 e. The lowest BCUT2D eigenvalue weighted by Crippen LogP contribution is -2.47. The number of aromatic amines is 1. The van der Waals surface area contributed by atoms with E-state index in [2.05, 4.69) is 44.0 Å². The molecule has 1 fully saturated rings. The lowest BCUT2D eigenvalue weighted by Gasteiger charge is -2.36. The van der Waals surface area contributed by atoms with Crippen molar-refractivity contribution in [2.24, 2.45) is 0 Å². The Morgan fingerprint density at radius 2 is 1.96 bits per heavy atom. The van der Waals surface area contributed by atoms with Gasteiger partial charge in [-0.1, -0.05) is 17.7 Å². The number of ether oxygens (including phenoxy) is 1. The Hall–Kier alpha value is -2.24. The van der Waals surface area contributed by atoms with Crippen LogP contribution < -0.4 is 9.64 Å². The third kappa shape index (κ3) is 3.57. The number of pyridine rings is 1. The number of halogens is 1. The summed E-state index contributed by atoms with van der Waals surface area (Å²) in [6.45, 7) is 5.64. The molecule has 1 aliphatic rings. The fourth-order valence-electron chi connectivity index (χ4n) is 3.32. The lowest BCUT2D eigenvalue weighted by molar-refractivity contribution is 0.200. The molecule has 0 bridgehead atoms. The van der Waals surface area contributed by atoms with Crippen molar-refractivity contribution in [3.8, 4) is 5.75 Å². The highest BCUT2D eigenvalue weighted by Gasteiger charge is 2.18. The second-order valence-electron chi connectivity index (χ2n) is 6.19. The molecule has 130 valence electrons. The molecule has 0 amide bonds. The fraction of sp³-hybridized carbons (Fsp3) is 0.316. The molecule has 0 unspecified atom stereocenters. The zero-order valence-electron chi connectivity index (χ0n) is 14.0. The topological polar surface area (TPSA) is 44.4 Å². The monoisotopic (exact) mass is 356 g/mol. The third-order valence-corrected chi connectivity index (χ3v) is 4.96. The van der Waals surface area contributed by atoms with E-state index in [1.807, 2.05) is 18.3 Å². The van der Waals surface area contributed by atoms with Crippen molar-refractivity contribution in [1.82, 2.24) is 14.9 Å². The van der Waals surface area contributed by atoms with Crippen molar-refractivity contribution < 1.29 is 4.74 Å². The molecule has 2 aromatic heterocycles. The molecule has 0 aliphatic carbocycles. The van der Waals surface area contributed by atoms with Crippen LogP contribution in [0.4, 0.5) is 5.69 Å². The van der Waals surface area contributed by atoms with E-state index in [1.54, 1.807) is 6.20 Å². The van der Waals surface area contributed by atoms with Gasteiger partial charge in [-0.2, -0.15) is 0 Å². The Bertz CT molecular complexity index is 842. The molecule has 0 atom stereocenters. The van der Waals surface area contributed by atoms with Gasteiger partial charge >= 0.3 is 0 Å². The zero-order chi connectivity index (χ0) is 17.1. The summed E-state index contributed by atoms with van der Waals surface area (Å²) in [5.74, 6) is 0.655. The first-order chi connectivity index (χ1) is 12.3. The van der Waals surface area contributed by atoms with Gasteiger partial charge in [0.1, 0.15) is 6.61 Å². The van der Waals surface area contributed by atoms with Crippen LogP contribution in [-0.4, -0.2) is 54.2 Å². The molecule has 1 N–H and O–H groups in total. The Morgan fingerprint density at radius 1 is 1.08 bits per heavy atom. The van der Waals surface area contributed by atoms with Gasteiger partial charge < -0.3 is 14.6 Å². The van der Waals surface area contributed by atoms with E-state index in [1.165, 1.54) is 16.6 Å². The van der Waals surface area contributed by atoms with Gasteiger partial charge in [-0.3, -0.25) is 4.90 Å². The van der Waals surface area contributed by atoms with Crippen LogP contribution in [0.15, 0.2) is 48.8 Å². The van der Waals surface area contributed by atoms with Crippen LogP contribution in [0, 0.1) is 0 Å². The van der Waals surface area contributed by atoms with Crippen LogP contribution in [-0.2, 0) is 0 Å². The summed E-state index contributed by atoms with van der Waals surface area (Å²) in [6.07, 6.45) is 3.67. The maximum Gasteiger partial charge on any atom is 0.171 e. The first kappa shape index (κ1) is 16.2. The van der Waals surface area contributed by atoms with Gasteiger partial charge in [0, 0.05) is 61.7 Å². The molecule has 5 nitrogen and oxygen atoms in total.